The molecule has 0 aliphatic heterocycles. The number of benzene rings is 6. The Balaban J connectivity index is 0.000000203. The van der Waals surface area contributed by atoms with E-state index in [1.54, 1.807) is 176 Å². The first kappa shape index (κ1) is 50.1. The lowest BCUT2D eigenvalue weighted by atomic mass is 10.1. The number of imide groups is 2. The smallest absolute Gasteiger partial charge is 0.279 e. The van der Waals surface area contributed by atoms with E-state index in [4.69, 9.17) is 9.47 Å². The Hall–Kier alpha value is -10.9. The van der Waals surface area contributed by atoms with Crippen LogP contribution in [0.1, 0.15) is 62.4 Å². The molecule has 0 bridgehead atoms. The molecule has 372 valence electrons. The topological polar surface area (TPSA) is 229 Å². The fourth-order valence-electron chi connectivity index (χ4n) is 7.39. The van der Waals surface area contributed by atoms with E-state index in [9.17, 15) is 28.8 Å². The number of fused-ring (bicyclic) bond motifs is 2. The highest BCUT2D eigenvalue weighted by Crippen LogP contribution is 2.29. The molecular weight excluding hydrogens is 965 g/mol. The van der Waals surface area contributed by atoms with Crippen LogP contribution in [-0.2, 0) is 0 Å². The molecule has 18 nitrogen and oxygen atoms in total. The number of nitrogens with zero attached hydrogens (tertiary/aromatic N) is 8. The summed E-state index contributed by atoms with van der Waals surface area (Å²) in [6.07, 6.45) is 6.03. The predicted octanol–water partition coefficient (Wildman–Crippen LogP) is 9.65. The number of pyridine rings is 2. The van der Waals surface area contributed by atoms with Crippen molar-refractivity contribution in [3.63, 3.8) is 0 Å². The fraction of sp³-hybridized carbons (Fsp3) is 0.0345. The molecule has 18 heteroatoms. The van der Waals surface area contributed by atoms with Crippen molar-refractivity contribution in [3.8, 4) is 23.0 Å². The van der Waals surface area contributed by atoms with E-state index in [-0.39, 0.29) is 35.1 Å². The van der Waals surface area contributed by atoms with E-state index in [1.807, 2.05) is 6.07 Å². The first-order valence-corrected chi connectivity index (χ1v) is 23.3. The molecule has 0 atom stereocenters. The number of carbonyl (C=O) groups excluding carboxylic acids is 6. The molecule has 0 unspecified atom stereocenters. The van der Waals surface area contributed by atoms with E-state index in [0.29, 0.717) is 61.7 Å². The number of rotatable bonds is 12. The standard InChI is InChI=1S/C36H25N5O5.C22H17N5O3/c1-40(32(42)24-11-5-2-6-12-24)35(45)31-22-29(19-20-37-31)46-28-17-18-30-27(21-28)23-38-36(39-30)41(33(43)25-13-7-3-8-14-25)34(44)26-15-9-4-10-16-26;1-23-21(29)19-12-17(9-10-24-19)30-16-7-8-18-15(11-16)13-25-22(26-18)27-20(28)14-5-3-2-4-6-14/h2-23H,1H3;2-13H,1H3,(H,23,29)(H,25,26,27,28). The van der Waals surface area contributed by atoms with Crippen LogP contribution in [0.15, 0.2) is 207 Å². The highest BCUT2D eigenvalue weighted by Gasteiger charge is 2.29. The van der Waals surface area contributed by atoms with Crippen LogP contribution in [0.3, 0.4) is 0 Å². The third-order valence-electron chi connectivity index (χ3n) is 11.2. The third kappa shape index (κ3) is 11.9. The Labute approximate surface area is 433 Å². The van der Waals surface area contributed by atoms with Gasteiger partial charge in [0.1, 0.15) is 34.4 Å². The Kier molecular flexibility index (Phi) is 15.2. The second-order valence-corrected chi connectivity index (χ2v) is 16.4. The molecule has 4 aromatic heterocycles. The van der Waals surface area contributed by atoms with Gasteiger partial charge in [0.2, 0.25) is 11.9 Å². The summed E-state index contributed by atoms with van der Waals surface area (Å²) in [6, 6.07) is 50.8. The van der Waals surface area contributed by atoms with E-state index in [0.717, 1.165) is 15.2 Å². The van der Waals surface area contributed by atoms with Gasteiger partial charge in [0.05, 0.1) is 11.0 Å². The number of hydrogen-bond acceptors (Lipinski definition) is 14. The monoisotopic (exact) mass is 1010 g/mol. The minimum absolute atomic E-state index is 0.0318. The van der Waals surface area contributed by atoms with Gasteiger partial charge in [0.25, 0.3) is 35.4 Å². The number of carbonyl (C=O) groups is 6. The summed E-state index contributed by atoms with van der Waals surface area (Å²) in [5.74, 6) is -0.816. The average molecular weight is 1010 g/mol. The van der Waals surface area contributed by atoms with Gasteiger partial charge >= 0.3 is 0 Å². The van der Waals surface area contributed by atoms with Crippen LogP contribution < -0.4 is 25.0 Å². The van der Waals surface area contributed by atoms with Crippen LogP contribution in [0.5, 0.6) is 23.0 Å². The van der Waals surface area contributed by atoms with E-state index in [1.165, 1.54) is 38.8 Å². The van der Waals surface area contributed by atoms with E-state index < -0.39 is 23.6 Å². The van der Waals surface area contributed by atoms with Crippen molar-refractivity contribution in [3.05, 3.63) is 240 Å². The molecule has 6 aromatic carbocycles. The van der Waals surface area contributed by atoms with Gasteiger partial charge in [-0.2, -0.15) is 0 Å². The Morgan fingerprint density at radius 3 is 1.41 bits per heavy atom. The van der Waals surface area contributed by atoms with Gasteiger partial charge in [-0.25, -0.2) is 24.8 Å². The molecule has 0 aliphatic rings. The highest BCUT2D eigenvalue weighted by molar-refractivity contribution is 6.25. The van der Waals surface area contributed by atoms with E-state index in [2.05, 4.69) is 40.5 Å². The highest BCUT2D eigenvalue weighted by atomic mass is 16.5. The summed E-state index contributed by atoms with van der Waals surface area (Å²) >= 11 is 0. The van der Waals surface area contributed by atoms with Gasteiger partial charge in [0.15, 0.2) is 0 Å². The Morgan fingerprint density at radius 1 is 0.434 bits per heavy atom. The molecule has 0 saturated carbocycles. The van der Waals surface area contributed by atoms with Gasteiger partial charge in [-0.3, -0.25) is 49.0 Å². The molecule has 10 aromatic rings. The zero-order chi connectivity index (χ0) is 53.0. The van der Waals surface area contributed by atoms with Crippen molar-refractivity contribution in [1.82, 2.24) is 40.1 Å². The van der Waals surface area contributed by atoms with Gasteiger partial charge in [-0.1, -0.05) is 72.8 Å². The third-order valence-corrected chi connectivity index (χ3v) is 11.2. The van der Waals surface area contributed by atoms with Crippen molar-refractivity contribution < 1.29 is 38.2 Å². The van der Waals surface area contributed by atoms with Crippen molar-refractivity contribution in [2.75, 3.05) is 24.3 Å². The molecular formula is C58H42N10O8. The van der Waals surface area contributed by atoms with Crippen LogP contribution >= 0.6 is 0 Å². The summed E-state index contributed by atoms with van der Waals surface area (Å²) in [4.78, 5) is 104. The van der Waals surface area contributed by atoms with Crippen molar-refractivity contribution in [2.24, 2.45) is 0 Å². The quantitative estimate of drug-likeness (QED) is 0.109. The summed E-state index contributed by atoms with van der Waals surface area (Å²) in [6.45, 7) is 0. The van der Waals surface area contributed by atoms with Crippen LogP contribution in [-0.4, -0.2) is 84.3 Å². The lowest BCUT2D eigenvalue weighted by Gasteiger charge is -2.19. The number of hydrogen-bond donors (Lipinski definition) is 2. The SMILES string of the molecule is CN(C(=O)c1ccccc1)C(=O)c1cc(Oc2ccc3nc(N(C(=O)c4ccccc4)C(=O)c4ccccc4)ncc3c2)ccn1.CNC(=O)c1cc(Oc2ccc3nc(NC(=O)c4ccccc4)ncc3c2)ccn1. The van der Waals surface area contributed by atoms with Crippen molar-refractivity contribution in [1.29, 1.82) is 0 Å². The maximum atomic E-state index is 13.5. The maximum absolute atomic E-state index is 13.5. The number of ether oxygens (including phenoxy) is 2. The lowest BCUT2D eigenvalue weighted by molar-refractivity contribution is 0.0650. The first-order chi connectivity index (χ1) is 37.0. The van der Waals surface area contributed by atoms with Crippen LogP contribution in [0.4, 0.5) is 11.9 Å². The summed E-state index contributed by atoms with van der Waals surface area (Å²) in [5, 5.41) is 6.54. The lowest BCUT2D eigenvalue weighted by Crippen LogP contribution is -2.38. The molecule has 0 fully saturated rings. The molecule has 76 heavy (non-hydrogen) atoms. The molecule has 0 saturated heterocycles. The van der Waals surface area contributed by atoms with Crippen molar-refractivity contribution in [2.45, 2.75) is 0 Å². The fourth-order valence-corrected chi connectivity index (χ4v) is 7.39. The summed E-state index contributed by atoms with van der Waals surface area (Å²) in [7, 11) is 2.93. The minimum atomic E-state index is -0.585. The molecule has 0 aliphatic carbocycles. The Bertz CT molecular complexity index is 3730. The molecule has 6 amide bonds. The van der Waals surface area contributed by atoms with Crippen LogP contribution in [0.2, 0.25) is 0 Å². The predicted molar refractivity (Wildman–Crippen MR) is 282 cm³/mol. The number of amides is 6. The first-order valence-electron chi connectivity index (χ1n) is 23.3. The van der Waals surface area contributed by atoms with Gasteiger partial charge in [-0.05, 0) is 97.1 Å². The summed E-state index contributed by atoms with van der Waals surface area (Å²) in [5.41, 5.74) is 2.94. The normalized spacial score (nSPS) is 10.6. The molecule has 0 radical (unpaired) electrons. The number of nitrogens with one attached hydrogen (secondary N) is 2. The average Bonchev–Trinajstić information content (AvgIpc) is 3.48. The number of aromatic nitrogens is 6. The summed E-state index contributed by atoms with van der Waals surface area (Å²) < 4.78 is 11.8. The zero-order valence-electron chi connectivity index (χ0n) is 40.5. The molecule has 4 heterocycles. The van der Waals surface area contributed by atoms with Gasteiger partial charge < -0.3 is 14.8 Å². The second kappa shape index (κ2) is 23.1. The largest absolute Gasteiger partial charge is 0.457 e. The van der Waals surface area contributed by atoms with Gasteiger partial charge in [-0.15, -0.1) is 0 Å². The van der Waals surface area contributed by atoms with Gasteiger partial charge in [0, 0.05) is 84.0 Å². The molecule has 0 spiro atoms. The Morgan fingerprint density at radius 2 is 0.882 bits per heavy atom. The van der Waals surface area contributed by atoms with Crippen LogP contribution in [0.25, 0.3) is 21.8 Å². The maximum Gasteiger partial charge on any atom is 0.279 e. The number of anilines is 2. The molecule has 10 rings (SSSR count). The van der Waals surface area contributed by atoms with E-state index >= 15 is 0 Å². The molecule has 2 N–H and O–H groups in total. The van der Waals surface area contributed by atoms with Crippen LogP contribution in [0, 0.1) is 0 Å². The minimum Gasteiger partial charge on any atom is -0.457 e. The van der Waals surface area contributed by atoms with Crippen molar-refractivity contribution >= 4 is 69.1 Å². The zero-order valence-corrected chi connectivity index (χ0v) is 40.5. The second-order valence-electron chi connectivity index (χ2n) is 16.4.